The second-order valence-corrected chi connectivity index (χ2v) is 5.45. The molecule has 0 saturated carbocycles. The van der Waals surface area contributed by atoms with Crippen molar-refractivity contribution < 1.29 is 28.9 Å². The first kappa shape index (κ1) is 16.6. The number of nitrogens with zero attached hydrogens (tertiary/aromatic N) is 1. The monoisotopic (exact) mass is 373 g/mol. The molecule has 1 amide bonds. The number of halogens is 1. The molecule has 0 aromatic heterocycles. The fraction of sp³-hybridized carbons (Fsp3) is 0.429. The summed E-state index contributed by atoms with van der Waals surface area (Å²) >= 11 is 3.34. The normalized spacial score (nSPS) is 12.8. The van der Waals surface area contributed by atoms with E-state index in [1.807, 2.05) is 0 Å². The van der Waals surface area contributed by atoms with E-state index in [-0.39, 0.29) is 13.2 Å². The summed E-state index contributed by atoms with van der Waals surface area (Å²) in [6.45, 7) is 0.893. The molecule has 120 valence electrons. The maximum absolute atomic E-state index is 12.5. The van der Waals surface area contributed by atoms with E-state index in [4.69, 9.17) is 19.3 Å². The van der Waals surface area contributed by atoms with Crippen molar-refractivity contribution in [3.05, 3.63) is 22.2 Å². The van der Waals surface area contributed by atoms with Gasteiger partial charge in [-0.25, -0.2) is 0 Å². The van der Waals surface area contributed by atoms with Crippen LogP contribution in [0.3, 0.4) is 0 Å². The van der Waals surface area contributed by atoms with Gasteiger partial charge < -0.3 is 24.2 Å². The Morgan fingerprint density at radius 3 is 2.77 bits per heavy atom. The second kappa shape index (κ2) is 7.46. The minimum atomic E-state index is -1.08. The maximum atomic E-state index is 12.5. The number of aliphatic carboxylic acids is 1. The molecule has 0 aliphatic carbocycles. The van der Waals surface area contributed by atoms with Crippen LogP contribution in [0.25, 0.3) is 0 Å². The van der Waals surface area contributed by atoms with Crippen molar-refractivity contribution in [3.8, 4) is 11.5 Å². The summed E-state index contributed by atoms with van der Waals surface area (Å²) < 4.78 is 16.4. The van der Waals surface area contributed by atoms with Crippen LogP contribution in [0.5, 0.6) is 11.5 Å². The minimum Gasteiger partial charge on any atom is -0.486 e. The molecule has 1 aliphatic heterocycles. The Bertz CT molecular complexity index is 577. The highest BCUT2D eigenvalue weighted by Gasteiger charge is 2.23. The van der Waals surface area contributed by atoms with Crippen LogP contribution >= 0.6 is 15.9 Å². The van der Waals surface area contributed by atoms with Crippen LogP contribution in [-0.4, -0.2) is 61.9 Å². The van der Waals surface area contributed by atoms with Crippen molar-refractivity contribution >= 4 is 27.8 Å². The maximum Gasteiger partial charge on any atom is 0.323 e. The average Bonchev–Trinajstić information content (AvgIpc) is 2.50. The first-order chi connectivity index (χ1) is 10.5. The fourth-order valence-electron chi connectivity index (χ4n) is 2.03. The number of carboxylic acid groups (broad SMARTS) is 1. The van der Waals surface area contributed by atoms with Gasteiger partial charge in [-0.15, -0.1) is 0 Å². The molecule has 1 heterocycles. The zero-order chi connectivity index (χ0) is 16.1. The molecule has 0 unspecified atom stereocenters. The van der Waals surface area contributed by atoms with E-state index < -0.39 is 18.4 Å². The van der Waals surface area contributed by atoms with Crippen molar-refractivity contribution in [2.75, 3.05) is 40.0 Å². The van der Waals surface area contributed by atoms with Crippen LogP contribution in [0.4, 0.5) is 0 Å². The molecule has 0 fully saturated rings. The summed E-state index contributed by atoms with van der Waals surface area (Å²) in [5.41, 5.74) is 0.327. The molecule has 7 nitrogen and oxygen atoms in total. The van der Waals surface area contributed by atoms with Gasteiger partial charge in [-0.05, 0) is 28.1 Å². The zero-order valence-electron chi connectivity index (χ0n) is 12.0. The molecule has 0 bridgehead atoms. The van der Waals surface area contributed by atoms with Crippen LogP contribution in [-0.2, 0) is 9.53 Å². The Kier molecular flexibility index (Phi) is 5.62. The number of benzene rings is 1. The molecule has 1 aromatic carbocycles. The highest BCUT2D eigenvalue weighted by molar-refractivity contribution is 9.10. The summed E-state index contributed by atoms with van der Waals surface area (Å²) in [4.78, 5) is 24.6. The topological polar surface area (TPSA) is 85.3 Å². The molecule has 1 N–H and O–H groups in total. The molecule has 22 heavy (non-hydrogen) atoms. The highest BCUT2D eigenvalue weighted by Crippen LogP contribution is 2.38. The van der Waals surface area contributed by atoms with Crippen molar-refractivity contribution in [1.82, 2.24) is 4.90 Å². The van der Waals surface area contributed by atoms with E-state index in [2.05, 4.69) is 15.9 Å². The van der Waals surface area contributed by atoms with Gasteiger partial charge in [0, 0.05) is 19.2 Å². The lowest BCUT2D eigenvalue weighted by Gasteiger charge is -2.23. The SMILES string of the molecule is COCCN(CC(=O)O)C(=O)c1cc(Br)c2c(c1)OCCO2. The summed E-state index contributed by atoms with van der Waals surface area (Å²) in [7, 11) is 1.49. The van der Waals surface area contributed by atoms with E-state index in [0.717, 1.165) is 0 Å². The van der Waals surface area contributed by atoms with Crippen molar-refractivity contribution in [2.45, 2.75) is 0 Å². The van der Waals surface area contributed by atoms with E-state index in [0.29, 0.717) is 34.7 Å². The predicted octanol–water partition coefficient (Wildman–Crippen LogP) is 1.39. The highest BCUT2D eigenvalue weighted by atomic mass is 79.9. The number of rotatable bonds is 6. The summed E-state index contributed by atoms with van der Waals surface area (Å²) in [5.74, 6) is -0.478. The Hall–Kier alpha value is -1.80. The first-order valence-corrected chi connectivity index (χ1v) is 7.41. The van der Waals surface area contributed by atoms with Gasteiger partial charge in [0.1, 0.15) is 19.8 Å². The van der Waals surface area contributed by atoms with Gasteiger partial charge in [-0.1, -0.05) is 0 Å². The average molecular weight is 374 g/mol. The molecular weight excluding hydrogens is 358 g/mol. The molecule has 2 rings (SSSR count). The lowest BCUT2D eigenvalue weighted by molar-refractivity contribution is -0.137. The van der Waals surface area contributed by atoms with E-state index in [1.54, 1.807) is 12.1 Å². The van der Waals surface area contributed by atoms with Gasteiger partial charge in [-0.2, -0.15) is 0 Å². The quantitative estimate of drug-likeness (QED) is 0.810. The van der Waals surface area contributed by atoms with E-state index in [1.165, 1.54) is 12.0 Å². The predicted molar refractivity (Wildman–Crippen MR) is 80.5 cm³/mol. The number of carbonyl (C=O) groups excluding carboxylic acids is 1. The number of fused-ring (bicyclic) bond motifs is 1. The van der Waals surface area contributed by atoms with Crippen LogP contribution in [0.1, 0.15) is 10.4 Å². The van der Waals surface area contributed by atoms with Gasteiger partial charge >= 0.3 is 5.97 Å². The zero-order valence-corrected chi connectivity index (χ0v) is 13.6. The molecular formula is C14H16BrNO6. The van der Waals surface area contributed by atoms with Crippen LogP contribution in [0.2, 0.25) is 0 Å². The summed E-state index contributed by atoms with van der Waals surface area (Å²) in [6, 6.07) is 3.15. The molecule has 8 heteroatoms. The Balaban J connectivity index is 2.25. The number of ether oxygens (including phenoxy) is 3. The lowest BCUT2D eigenvalue weighted by Crippen LogP contribution is -2.38. The van der Waals surface area contributed by atoms with Crippen molar-refractivity contribution in [2.24, 2.45) is 0 Å². The summed E-state index contributed by atoms with van der Waals surface area (Å²) in [6.07, 6.45) is 0. The largest absolute Gasteiger partial charge is 0.486 e. The van der Waals surface area contributed by atoms with Gasteiger partial charge in [0.25, 0.3) is 5.91 Å². The minimum absolute atomic E-state index is 0.188. The summed E-state index contributed by atoms with van der Waals surface area (Å²) in [5, 5.41) is 8.94. The molecule has 0 radical (unpaired) electrons. The molecule has 0 saturated heterocycles. The fourth-order valence-corrected chi connectivity index (χ4v) is 2.59. The van der Waals surface area contributed by atoms with Crippen molar-refractivity contribution in [3.63, 3.8) is 0 Å². The molecule has 0 spiro atoms. The van der Waals surface area contributed by atoms with Crippen molar-refractivity contribution in [1.29, 1.82) is 0 Å². The van der Waals surface area contributed by atoms with Gasteiger partial charge in [0.15, 0.2) is 11.5 Å². The Labute approximate surface area is 135 Å². The number of carboxylic acids is 1. The number of hydrogen-bond donors (Lipinski definition) is 1. The third kappa shape index (κ3) is 3.89. The Morgan fingerprint density at radius 1 is 1.36 bits per heavy atom. The smallest absolute Gasteiger partial charge is 0.323 e. The van der Waals surface area contributed by atoms with E-state index >= 15 is 0 Å². The lowest BCUT2D eigenvalue weighted by atomic mass is 10.1. The van der Waals surface area contributed by atoms with Gasteiger partial charge in [0.2, 0.25) is 0 Å². The third-order valence-electron chi connectivity index (χ3n) is 3.02. The third-order valence-corrected chi connectivity index (χ3v) is 3.61. The molecule has 1 aromatic rings. The van der Waals surface area contributed by atoms with Crippen LogP contribution in [0.15, 0.2) is 16.6 Å². The van der Waals surface area contributed by atoms with Crippen LogP contribution in [0, 0.1) is 0 Å². The number of hydrogen-bond acceptors (Lipinski definition) is 5. The molecule has 0 atom stereocenters. The number of amides is 1. The van der Waals surface area contributed by atoms with Crippen LogP contribution < -0.4 is 9.47 Å². The number of carbonyl (C=O) groups is 2. The second-order valence-electron chi connectivity index (χ2n) is 4.60. The van der Waals surface area contributed by atoms with E-state index in [9.17, 15) is 9.59 Å². The van der Waals surface area contributed by atoms with Gasteiger partial charge in [0.05, 0.1) is 11.1 Å². The first-order valence-electron chi connectivity index (χ1n) is 6.62. The number of methoxy groups -OCH3 is 1. The van der Waals surface area contributed by atoms with Gasteiger partial charge in [-0.3, -0.25) is 9.59 Å². The Morgan fingerprint density at radius 2 is 2.09 bits per heavy atom. The molecule has 1 aliphatic rings. The standard InChI is InChI=1S/C14H16BrNO6/c1-20-3-2-16(8-12(17)18)14(19)9-6-10(15)13-11(7-9)21-4-5-22-13/h6-7H,2-5,8H2,1H3,(H,17,18).